The first kappa shape index (κ1) is 23.5. The standard InChI is InChI=1S/C25H30N4O5S/c1-27-24(31)20-16-7-5-6-8-19(16)35-22(20)26-25(27)29-11-9-28(10-12-29)23(30)15-13-17(32-2)21(34-4)18(14-15)33-3/h13-14H,5-12H2,1-4H3. The van der Waals surface area contributed by atoms with Gasteiger partial charge in [-0.3, -0.25) is 14.2 Å². The highest BCUT2D eigenvalue weighted by Crippen LogP contribution is 2.39. The van der Waals surface area contributed by atoms with Crippen molar-refractivity contribution in [3.8, 4) is 17.2 Å². The Morgan fingerprint density at radius 1 is 0.971 bits per heavy atom. The molecular weight excluding hydrogens is 468 g/mol. The number of methoxy groups -OCH3 is 3. The van der Waals surface area contributed by atoms with Crippen LogP contribution in [0.25, 0.3) is 10.2 Å². The third kappa shape index (κ3) is 3.99. The van der Waals surface area contributed by atoms with Crippen molar-refractivity contribution in [1.82, 2.24) is 14.5 Å². The van der Waals surface area contributed by atoms with Crippen LogP contribution in [0.2, 0.25) is 0 Å². The molecular formula is C25H30N4O5S. The molecule has 0 unspecified atom stereocenters. The molecule has 1 aliphatic carbocycles. The van der Waals surface area contributed by atoms with E-state index in [0.29, 0.717) is 54.9 Å². The van der Waals surface area contributed by atoms with E-state index in [1.54, 1.807) is 40.0 Å². The Morgan fingerprint density at radius 2 is 1.63 bits per heavy atom. The summed E-state index contributed by atoms with van der Waals surface area (Å²) in [6.45, 7) is 2.22. The second kappa shape index (κ2) is 9.41. The van der Waals surface area contributed by atoms with Gasteiger partial charge in [-0.05, 0) is 43.4 Å². The summed E-state index contributed by atoms with van der Waals surface area (Å²) in [6, 6.07) is 3.35. The predicted octanol–water partition coefficient (Wildman–Crippen LogP) is 2.86. The Labute approximate surface area is 207 Å². The zero-order chi connectivity index (χ0) is 24.7. The van der Waals surface area contributed by atoms with Crippen molar-refractivity contribution in [1.29, 1.82) is 0 Å². The summed E-state index contributed by atoms with van der Waals surface area (Å²) >= 11 is 1.66. The number of amides is 1. The molecule has 9 nitrogen and oxygen atoms in total. The highest BCUT2D eigenvalue weighted by atomic mass is 32.1. The molecule has 0 N–H and O–H groups in total. The Kier molecular flexibility index (Phi) is 6.31. The number of thiophene rings is 1. The molecule has 3 heterocycles. The number of aryl methyl sites for hydroxylation is 2. The summed E-state index contributed by atoms with van der Waals surface area (Å²) in [6.07, 6.45) is 4.31. The molecule has 1 saturated heterocycles. The molecule has 0 spiro atoms. The maximum Gasteiger partial charge on any atom is 0.263 e. The summed E-state index contributed by atoms with van der Waals surface area (Å²) in [5, 5.41) is 0.798. The van der Waals surface area contributed by atoms with Gasteiger partial charge in [0.1, 0.15) is 4.83 Å². The van der Waals surface area contributed by atoms with E-state index in [4.69, 9.17) is 19.2 Å². The monoisotopic (exact) mass is 498 g/mol. The summed E-state index contributed by atoms with van der Waals surface area (Å²) in [5.74, 6) is 1.90. The van der Waals surface area contributed by atoms with Crippen LogP contribution in [-0.2, 0) is 19.9 Å². The minimum atomic E-state index is -0.105. The quantitative estimate of drug-likeness (QED) is 0.535. The lowest BCUT2D eigenvalue weighted by atomic mass is 9.97. The van der Waals surface area contributed by atoms with E-state index in [-0.39, 0.29) is 11.5 Å². The van der Waals surface area contributed by atoms with E-state index in [2.05, 4.69) is 4.90 Å². The van der Waals surface area contributed by atoms with Crippen LogP contribution in [0.1, 0.15) is 33.6 Å². The maximum absolute atomic E-state index is 13.3. The molecule has 2 aliphatic rings. The van der Waals surface area contributed by atoms with E-state index in [1.807, 2.05) is 0 Å². The summed E-state index contributed by atoms with van der Waals surface area (Å²) < 4.78 is 17.8. The Balaban J connectivity index is 1.37. The fourth-order valence-corrected chi connectivity index (χ4v) is 6.30. The molecule has 5 rings (SSSR count). The Bertz CT molecular complexity index is 1310. The lowest BCUT2D eigenvalue weighted by Crippen LogP contribution is -2.50. The molecule has 0 atom stereocenters. The number of rotatable bonds is 5. The van der Waals surface area contributed by atoms with Crippen molar-refractivity contribution in [2.45, 2.75) is 25.7 Å². The lowest BCUT2D eigenvalue weighted by molar-refractivity contribution is 0.0745. The first-order chi connectivity index (χ1) is 17.0. The van der Waals surface area contributed by atoms with Gasteiger partial charge in [0.15, 0.2) is 11.5 Å². The van der Waals surface area contributed by atoms with Crippen LogP contribution in [0.4, 0.5) is 5.95 Å². The van der Waals surface area contributed by atoms with Crippen LogP contribution in [0, 0.1) is 0 Å². The minimum absolute atomic E-state index is 0.0281. The molecule has 2 aromatic heterocycles. The Hall–Kier alpha value is -3.27. The van der Waals surface area contributed by atoms with Gasteiger partial charge in [-0.2, -0.15) is 0 Å². The fourth-order valence-electron chi connectivity index (χ4n) is 5.05. The molecule has 1 fully saturated rings. The predicted molar refractivity (Wildman–Crippen MR) is 136 cm³/mol. The third-order valence-corrected chi connectivity index (χ3v) is 8.12. The number of hydrogen-bond acceptors (Lipinski definition) is 8. The van der Waals surface area contributed by atoms with Gasteiger partial charge in [-0.1, -0.05) is 0 Å². The van der Waals surface area contributed by atoms with Gasteiger partial charge in [0.05, 0.1) is 26.7 Å². The van der Waals surface area contributed by atoms with Gasteiger partial charge < -0.3 is 24.0 Å². The number of aromatic nitrogens is 2. The third-order valence-electron chi connectivity index (χ3n) is 6.93. The van der Waals surface area contributed by atoms with Crippen LogP contribution in [0.5, 0.6) is 17.2 Å². The van der Waals surface area contributed by atoms with Crippen LogP contribution in [-0.4, -0.2) is 67.9 Å². The summed E-state index contributed by atoms with van der Waals surface area (Å²) in [7, 11) is 6.39. The molecule has 35 heavy (non-hydrogen) atoms. The summed E-state index contributed by atoms with van der Waals surface area (Å²) in [4.78, 5) is 37.5. The van der Waals surface area contributed by atoms with Crippen LogP contribution in [0.3, 0.4) is 0 Å². The topological polar surface area (TPSA) is 86.1 Å². The maximum atomic E-state index is 13.3. The number of ether oxygens (including phenoxy) is 3. The number of fused-ring (bicyclic) bond motifs is 3. The van der Waals surface area contributed by atoms with Crippen LogP contribution >= 0.6 is 11.3 Å². The molecule has 0 bridgehead atoms. The number of hydrogen-bond donors (Lipinski definition) is 0. The van der Waals surface area contributed by atoms with Crippen molar-refractivity contribution in [2.24, 2.45) is 7.05 Å². The smallest absolute Gasteiger partial charge is 0.263 e. The van der Waals surface area contributed by atoms with Gasteiger partial charge in [0, 0.05) is 43.7 Å². The van der Waals surface area contributed by atoms with Gasteiger partial charge in [-0.15, -0.1) is 11.3 Å². The number of benzene rings is 1. The van der Waals surface area contributed by atoms with Gasteiger partial charge in [-0.25, -0.2) is 4.98 Å². The number of nitrogens with zero attached hydrogens (tertiary/aromatic N) is 4. The molecule has 1 amide bonds. The van der Waals surface area contributed by atoms with E-state index in [0.717, 1.165) is 29.5 Å². The van der Waals surface area contributed by atoms with Crippen molar-refractivity contribution in [3.05, 3.63) is 38.5 Å². The highest BCUT2D eigenvalue weighted by Gasteiger charge is 2.28. The van der Waals surface area contributed by atoms with Crippen molar-refractivity contribution in [3.63, 3.8) is 0 Å². The van der Waals surface area contributed by atoms with Gasteiger partial charge in [0.2, 0.25) is 11.7 Å². The zero-order valence-corrected chi connectivity index (χ0v) is 21.4. The average Bonchev–Trinajstić information content (AvgIpc) is 3.28. The molecule has 1 aromatic carbocycles. The fraction of sp³-hybridized carbons (Fsp3) is 0.480. The van der Waals surface area contributed by atoms with Crippen LogP contribution < -0.4 is 24.7 Å². The average molecular weight is 499 g/mol. The van der Waals surface area contributed by atoms with Gasteiger partial charge >= 0.3 is 0 Å². The minimum Gasteiger partial charge on any atom is -0.493 e. The summed E-state index contributed by atoms with van der Waals surface area (Å²) in [5.41, 5.74) is 1.71. The highest BCUT2D eigenvalue weighted by molar-refractivity contribution is 7.18. The molecule has 10 heteroatoms. The van der Waals surface area contributed by atoms with E-state index in [9.17, 15) is 9.59 Å². The molecule has 1 aliphatic heterocycles. The second-order valence-electron chi connectivity index (χ2n) is 8.86. The van der Waals surface area contributed by atoms with Crippen molar-refractivity contribution >= 4 is 33.4 Å². The molecule has 3 aromatic rings. The molecule has 0 radical (unpaired) electrons. The molecule has 186 valence electrons. The van der Waals surface area contributed by atoms with Crippen molar-refractivity contribution < 1.29 is 19.0 Å². The van der Waals surface area contributed by atoms with Crippen molar-refractivity contribution in [2.75, 3.05) is 52.4 Å². The normalized spacial score (nSPS) is 15.8. The first-order valence-corrected chi connectivity index (χ1v) is 12.6. The second-order valence-corrected chi connectivity index (χ2v) is 9.94. The largest absolute Gasteiger partial charge is 0.493 e. The Morgan fingerprint density at radius 3 is 2.26 bits per heavy atom. The zero-order valence-electron chi connectivity index (χ0n) is 20.5. The number of piperazine rings is 1. The van der Waals surface area contributed by atoms with Crippen LogP contribution in [0.15, 0.2) is 16.9 Å². The van der Waals surface area contributed by atoms with Gasteiger partial charge in [0.25, 0.3) is 11.5 Å². The number of carbonyl (C=O) groups excluding carboxylic acids is 1. The first-order valence-electron chi connectivity index (χ1n) is 11.8. The number of carbonyl (C=O) groups is 1. The van der Waals surface area contributed by atoms with E-state index < -0.39 is 0 Å². The van der Waals surface area contributed by atoms with E-state index in [1.165, 1.54) is 38.2 Å². The molecule has 0 saturated carbocycles. The van der Waals surface area contributed by atoms with E-state index >= 15 is 0 Å². The SMILES string of the molecule is COc1cc(C(=O)N2CCN(c3nc4sc5c(c4c(=O)n3C)CCCC5)CC2)cc(OC)c1OC. The number of anilines is 1. The lowest BCUT2D eigenvalue weighted by Gasteiger charge is -2.36.